The molecule has 2 aromatic rings. The van der Waals surface area contributed by atoms with Crippen LogP contribution >= 0.6 is 0 Å². The number of nitrogens with zero attached hydrogens (tertiary/aromatic N) is 3. The van der Waals surface area contributed by atoms with Crippen LogP contribution in [0.15, 0.2) is 24.4 Å². The lowest BCUT2D eigenvalue weighted by atomic mass is 9.96. The predicted octanol–water partition coefficient (Wildman–Crippen LogP) is 2.67. The zero-order valence-corrected chi connectivity index (χ0v) is 13.6. The number of aromatic nitrogens is 2. The molecule has 7 heteroatoms. The second-order valence-corrected chi connectivity index (χ2v) is 5.92. The molecule has 0 aromatic carbocycles. The molecule has 24 heavy (non-hydrogen) atoms. The summed E-state index contributed by atoms with van der Waals surface area (Å²) in [6.07, 6.45) is 3.38. The summed E-state index contributed by atoms with van der Waals surface area (Å²) in [4.78, 5) is 25.9. The predicted molar refractivity (Wildman–Crippen MR) is 85.9 cm³/mol. The fraction of sp³-hybridized carbons (Fsp3) is 0.471. The average Bonchev–Trinajstić information content (AvgIpc) is 2.62. The number of hydrogen-bond donors (Lipinski definition) is 0. The van der Waals surface area contributed by atoms with E-state index in [-0.39, 0.29) is 17.8 Å². The Hall–Kier alpha value is -2.28. The van der Waals surface area contributed by atoms with Crippen LogP contribution in [0.2, 0.25) is 0 Å². The molecule has 0 saturated carbocycles. The molecule has 1 aliphatic heterocycles. The summed E-state index contributed by atoms with van der Waals surface area (Å²) >= 11 is 0. The Morgan fingerprint density at radius 3 is 2.88 bits per heavy atom. The number of fused-ring (bicyclic) bond motifs is 1. The van der Waals surface area contributed by atoms with E-state index in [0.717, 1.165) is 43.4 Å². The van der Waals surface area contributed by atoms with Crippen molar-refractivity contribution >= 4 is 17.0 Å². The van der Waals surface area contributed by atoms with Crippen LogP contribution in [-0.4, -0.2) is 40.5 Å². The molecule has 128 valence electrons. The molecular weight excluding hydrogens is 313 g/mol. The van der Waals surface area contributed by atoms with Gasteiger partial charge in [0.1, 0.15) is 0 Å². The highest BCUT2D eigenvalue weighted by molar-refractivity contribution is 5.75. The van der Waals surface area contributed by atoms with E-state index in [1.165, 1.54) is 6.07 Å². The van der Waals surface area contributed by atoms with E-state index in [1.807, 2.05) is 13.0 Å². The van der Waals surface area contributed by atoms with E-state index in [4.69, 9.17) is 4.74 Å². The van der Waals surface area contributed by atoms with Crippen molar-refractivity contribution in [2.24, 2.45) is 5.92 Å². The van der Waals surface area contributed by atoms with Gasteiger partial charge in [-0.15, -0.1) is 0 Å². The standard InChI is InChI=1S/C17H20FN3O3/c1-2-23-17(22)13-5-7-21(8-6-13)11-12-9-14-3-4-15(24-18)20-16(14)19-10-12/h3-4,9-10,13H,2,5-8,11H2,1H3. The molecule has 3 heterocycles. The maximum absolute atomic E-state index is 12.1. The molecule has 1 fully saturated rings. The van der Waals surface area contributed by atoms with Crippen molar-refractivity contribution in [3.63, 3.8) is 0 Å². The summed E-state index contributed by atoms with van der Waals surface area (Å²) < 4.78 is 17.2. The normalized spacial score (nSPS) is 16.2. The third-order valence-corrected chi connectivity index (χ3v) is 4.27. The lowest BCUT2D eigenvalue weighted by Gasteiger charge is -2.30. The minimum atomic E-state index is -0.0937. The monoisotopic (exact) mass is 333 g/mol. The van der Waals surface area contributed by atoms with Gasteiger partial charge < -0.3 is 4.74 Å². The summed E-state index contributed by atoms with van der Waals surface area (Å²) in [5.41, 5.74) is 1.52. The first-order chi connectivity index (χ1) is 11.7. The first kappa shape index (κ1) is 16.6. The van der Waals surface area contributed by atoms with E-state index < -0.39 is 0 Å². The van der Waals surface area contributed by atoms with Crippen molar-refractivity contribution in [2.75, 3.05) is 19.7 Å². The second kappa shape index (κ2) is 7.53. The molecule has 0 atom stereocenters. The summed E-state index contributed by atoms with van der Waals surface area (Å²) in [5.74, 6) is -0.162. The summed E-state index contributed by atoms with van der Waals surface area (Å²) in [5, 5.41) is 0.842. The number of carbonyl (C=O) groups excluding carboxylic acids is 1. The van der Waals surface area contributed by atoms with Crippen LogP contribution in [0.5, 0.6) is 5.88 Å². The van der Waals surface area contributed by atoms with Crippen LogP contribution < -0.4 is 4.94 Å². The van der Waals surface area contributed by atoms with E-state index >= 15 is 0 Å². The van der Waals surface area contributed by atoms with Crippen molar-refractivity contribution in [1.29, 1.82) is 0 Å². The lowest BCUT2D eigenvalue weighted by Crippen LogP contribution is -2.36. The fourth-order valence-electron chi connectivity index (χ4n) is 3.01. The maximum Gasteiger partial charge on any atom is 0.309 e. The van der Waals surface area contributed by atoms with Gasteiger partial charge in [0.25, 0.3) is 5.88 Å². The molecular formula is C17H20FN3O3. The Morgan fingerprint density at radius 2 is 2.17 bits per heavy atom. The van der Waals surface area contributed by atoms with Crippen molar-refractivity contribution in [1.82, 2.24) is 14.9 Å². The van der Waals surface area contributed by atoms with Crippen molar-refractivity contribution in [3.05, 3.63) is 30.0 Å². The third kappa shape index (κ3) is 3.79. The molecule has 1 saturated heterocycles. The molecule has 0 spiro atoms. The van der Waals surface area contributed by atoms with E-state index in [2.05, 4.69) is 19.8 Å². The van der Waals surface area contributed by atoms with Gasteiger partial charge in [0.05, 0.1) is 12.5 Å². The highest BCUT2D eigenvalue weighted by atomic mass is 19.3. The van der Waals surface area contributed by atoms with Crippen LogP contribution in [-0.2, 0) is 16.1 Å². The zero-order valence-electron chi connectivity index (χ0n) is 13.6. The van der Waals surface area contributed by atoms with Crippen LogP contribution in [0.1, 0.15) is 25.3 Å². The van der Waals surface area contributed by atoms with Gasteiger partial charge in [-0.25, -0.2) is 4.98 Å². The van der Waals surface area contributed by atoms with Crippen molar-refractivity contribution in [2.45, 2.75) is 26.3 Å². The molecule has 0 unspecified atom stereocenters. The number of ether oxygens (including phenoxy) is 1. The minimum Gasteiger partial charge on any atom is -0.466 e. The molecule has 2 aromatic heterocycles. The Labute approximate surface area is 139 Å². The van der Waals surface area contributed by atoms with Crippen LogP contribution in [0, 0.1) is 5.92 Å². The SMILES string of the molecule is CCOC(=O)C1CCN(Cc2cnc3nc(OF)ccc3c2)CC1. The van der Waals surface area contributed by atoms with E-state index in [1.54, 1.807) is 12.3 Å². The van der Waals surface area contributed by atoms with Gasteiger partial charge in [-0.05, 0) is 50.6 Å². The quantitative estimate of drug-likeness (QED) is 0.784. The molecule has 6 nitrogen and oxygen atoms in total. The van der Waals surface area contributed by atoms with Gasteiger partial charge in [-0.2, -0.15) is 4.98 Å². The maximum atomic E-state index is 12.1. The number of pyridine rings is 2. The number of rotatable bonds is 5. The van der Waals surface area contributed by atoms with Crippen LogP contribution in [0.3, 0.4) is 0 Å². The molecule has 0 aliphatic carbocycles. The molecule has 0 radical (unpaired) electrons. The number of piperidine rings is 1. The average molecular weight is 333 g/mol. The van der Waals surface area contributed by atoms with Crippen molar-refractivity contribution in [3.8, 4) is 5.88 Å². The highest BCUT2D eigenvalue weighted by Crippen LogP contribution is 2.22. The van der Waals surface area contributed by atoms with Gasteiger partial charge >= 0.3 is 5.97 Å². The molecule has 3 rings (SSSR count). The second-order valence-electron chi connectivity index (χ2n) is 5.92. The van der Waals surface area contributed by atoms with E-state index in [0.29, 0.717) is 12.3 Å². The van der Waals surface area contributed by atoms with Crippen LogP contribution in [0.25, 0.3) is 11.0 Å². The largest absolute Gasteiger partial charge is 0.466 e. The Bertz CT molecular complexity index is 717. The molecule has 0 bridgehead atoms. The first-order valence-electron chi connectivity index (χ1n) is 8.13. The minimum absolute atomic E-state index is 0.0132. The van der Waals surface area contributed by atoms with Gasteiger partial charge in [0.2, 0.25) is 0 Å². The smallest absolute Gasteiger partial charge is 0.309 e. The molecule has 0 N–H and O–H groups in total. The Morgan fingerprint density at radius 1 is 1.38 bits per heavy atom. The third-order valence-electron chi connectivity index (χ3n) is 4.27. The first-order valence-corrected chi connectivity index (χ1v) is 8.13. The van der Waals surface area contributed by atoms with E-state index in [9.17, 15) is 9.32 Å². The zero-order chi connectivity index (χ0) is 16.9. The summed E-state index contributed by atoms with van der Waals surface area (Å²) in [6, 6.07) is 5.20. The molecule has 0 amide bonds. The van der Waals surface area contributed by atoms with Gasteiger partial charge in [-0.1, -0.05) is 0 Å². The van der Waals surface area contributed by atoms with Gasteiger partial charge in [0, 0.05) is 28.7 Å². The number of likely N-dealkylation sites (tertiary alicyclic amines) is 1. The van der Waals surface area contributed by atoms with Crippen molar-refractivity contribution < 1.29 is 19.0 Å². The number of hydrogen-bond acceptors (Lipinski definition) is 6. The van der Waals surface area contributed by atoms with Gasteiger partial charge in [0.15, 0.2) is 5.65 Å². The number of carbonyl (C=O) groups is 1. The summed E-state index contributed by atoms with van der Waals surface area (Å²) in [7, 11) is 0. The fourth-order valence-corrected chi connectivity index (χ4v) is 3.01. The Kier molecular flexibility index (Phi) is 5.20. The van der Waals surface area contributed by atoms with Gasteiger partial charge in [-0.3, -0.25) is 14.6 Å². The molecule has 1 aliphatic rings. The topological polar surface area (TPSA) is 64.5 Å². The summed E-state index contributed by atoms with van der Waals surface area (Å²) in [6.45, 7) is 4.74. The highest BCUT2D eigenvalue weighted by Gasteiger charge is 2.25. The lowest BCUT2D eigenvalue weighted by molar-refractivity contribution is -0.149. The number of halogens is 1. The van der Waals surface area contributed by atoms with Crippen LogP contribution in [0.4, 0.5) is 4.53 Å². The number of esters is 1. The Balaban J connectivity index is 1.61.